The number of hydrogen-bond acceptors (Lipinski definition) is 3. The molecule has 1 amide bonds. The van der Waals surface area contributed by atoms with Crippen LogP contribution < -0.4 is 10.1 Å². The third-order valence-electron chi connectivity index (χ3n) is 7.17. The van der Waals surface area contributed by atoms with Gasteiger partial charge in [0.2, 0.25) is 0 Å². The summed E-state index contributed by atoms with van der Waals surface area (Å²) in [5, 5.41) is 3.04. The predicted molar refractivity (Wildman–Crippen MR) is 149 cm³/mol. The highest BCUT2D eigenvalue weighted by Crippen LogP contribution is 2.42. The summed E-state index contributed by atoms with van der Waals surface area (Å²) >= 11 is 0. The van der Waals surface area contributed by atoms with Crippen LogP contribution in [-0.4, -0.2) is 12.7 Å². The van der Waals surface area contributed by atoms with Gasteiger partial charge in [0.25, 0.3) is 0 Å². The summed E-state index contributed by atoms with van der Waals surface area (Å²) in [4.78, 5) is 12.5. The molecule has 0 atom stereocenters. The van der Waals surface area contributed by atoms with Crippen LogP contribution in [0.1, 0.15) is 127 Å². The van der Waals surface area contributed by atoms with Crippen molar-refractivity contribution >= 4 is 6.09 Å². The monoisotopic (exact) mass is 493 g/mol. The van der Waals surface area contributed by atoms with Gasteiger partial charge >= 0.3 is 6.09 Å². The Morgan fingerprint density at radius 1 is 0.667 bits per heavy atom. The van der Waals surface area contributed by atoms with E-state index in [1.165, 1.54) is 89.9 Å². The Hall–Kier alpha value is -2.49. The number of rotatable bonds is 18. The van der Waals surface area contributed by atoms with Crippen molar-refractivity contribution in [2.45, 2.75) is 116 Å². The quantitative estimate of drug-likeness (QED) is 0.210. The zero-order valence-electron chi connectivity index (χ0n) is 22.4. The van der Waals surface area contributed by atoms with E-state index in [2.05, 4.69) is 12.2 Å². The molecule has 4 nitrogen and oxygen atoms in total. The number of carbonyl (C=O) groups excluding carboxylic acids is 1. The molecule has 3 rings (SSSR count). The van der Waals surface area contributed by atoms with Gasteiger partial charge in [-0.1, -0.05) is 140 Å². The van der Waals surface area contributed by atoms with Crippen LogP contribution in [0.2, 0.25) is 0 Å². The first-order chi connectivity index (χ1) is 17.8. The van der Waals surface area contributed by atoms with Gasteiger partial charge in [-0.15, -0.1) is 0 Å². The lowest BCUT2D eigenvalue weighted by atomic mass is 9.95. The zero-order chi connectivity index (χ0) is 25.3. The molecule has 4 heteroatoms. The van der Waals surface area contributed by atoms with E-state index in [1.54, 1.807) is 0 Å². The number of nitrogens with one attached hydrogen (secondary N) is 1. The minimum Gasteiger partial charge on any atom is -0.457 e. The molecule has 1 aliphatic rings. The lowest BCUT2D eigenvalue weighted by Gasteiger charge is -2.28. The summed E-state index contributed by atoms with van der Waals surface area (Å²) in [5.41, 5.74) is 1.91. The fourth-order valence-corrected chi connectivity index (χ4v) is 5.04. The van der Waals surface area contributed by atoms with Gasteiger partial charge in [0.1, 0.15) is 11.5 Å². The SMILES string of the molecule is CCCCCCCCCCCCCCCCCCOC(=O)NC1c2ccccc2Oc2ccccc21. The number of hydrogen-bond donors (Lipinski definition) is 1. The Morgan fingerprint density at radius 2 is 1.08 bits per heavy atom. The summed E-state index contributed by atoms with van der Waals surface area (Å²) in [7, 11) is 0. The Balaban J connectivity index is 1.18. The summed E-state index contributed by atoms with van der Waals surface area (Å²) < 4.78 is 11.5. The second kappa shape index (κ2) is 17.1. The highest BCUT2D eigenvalue weighted by molar-refractivity contribution is 5.70. The topological polar surface area (TPSA) is 47.6 Å². The van der Waals surface area contributed by atoms with E-state index in [0.29, 0.717) is 6.61 Å². The molecule has 0 radical (unpaired) electrons. The summed E-state index contributed by atoms with van der Waals surface area (Å²) in [6.07, 6.45) is 21.0. The van der Waals surface area contributed by atoms with Crippen molar-refractivity contribution in [2.75, 3.05) is 6.61 Å². The number of para-hydroxylation sites is 2. The van der Waals surface area contributed by atoms with Gasteiger partial charge in [-0.2, -0.15) is 0 Å². The Morgan fingerprint density at radius 3 is 1.56 bits per heavy atom. The molecule has 0 aliphatic carbocycles. The van der Waals surface area contributed by atoms with Crippen molar-refractivity contribution in [2.24, 2.45) is 0 Å². The first-order valence-corrected chi connectivity index (χ1v) is 14.6. The summed E-state index contributed by atoms with van der Waals surface area (Å²) in [6, 6.07) is 15.4. The molecule has 0 bridgehead atoms. The molecule has 198 valence electrons. The molecule has 0 spiro atoms. The van der Waals surface area contributed by atoms with Gasteiger partial charge < -0.3 is 14.8 Å². The van der Waals surface area contributed by atoms with Crippen molar-refractivity contribution in [1.82, 2.24) is 5.32 Å². The predicted octanol–water partition coefficient (Wildman–Crippen LogP) is 9.87. The third-order valence-corrected chi connectivity index (χ3v) is 7.17. The fraction of sp³-hybridized carbons (Fsp3) is 0.594. The molecule has 1 N–H and O–H groups in total. The van der Waals surface area contributed by atoms with Gasteiger partial charge in [0, 0.05) is 11.1 Å². The number of benzene rings is 2. The molecular weight excluding hydrogens is 446 g/mol. The lowest BCUT2D eigenvalue weighted by Crippen LogP contribution is -2.31. The largest absolute Gasteiger partial charge is 0.457 e. The minimum atomic E-state index is -0.368. The van der Waals surface area contributed by atoms with Crippen LogP contribution in [0.3, 0.4) is 0 Å². The van der Waals surface area contributed by atoms with Gasteiger partial charge in [0.05, 0.1) is 12.6 Å². The standard InChI is InChI=1S/C32H47NO3/c1-2-3-4-5-6-7-8-9-10-11-12-13-14-15-16-21-26-35-32(34)33-31-27-22-17-19-24-29(27)36-30-25-20-18-23-28(30)31/h17-20,22-25,31H,2-16,21,26H2,1H3,(H,33,34). The number of ether oxygens (including phenoxy) is 2. The molecule has 0 aromatic heterocycles. The Labute approximate surface area is 219 Å². The van der Waals surface area contributed by atoms with Crippen molar-refractivity contribution in [3.05, 3.63) is 59.7 Å². The number of carbonyl (C=O) groups is 1. The second-order valence-electron chi connectivity index (χ2n) is 10.2. The van der Waals surface area contributed by atoms with E-state index < -0.39 is 0 Å². The van der Waals surface area contributed by atoms with Crippen LogP contribution in [0.4, 0.5) is 4.79 Å². The van der Waals surface area contributed by atoms with Crippen LogP contribution in [0.5, 0.6) is 11.5 Å². The highest BCUT2D eigenvalue weighted by Gasteiger charge is 2.28. The molecule has 0 saturated carbocycles. The van der Waals surface area contributed by atoms with Crippen LogP contribution in [0.15, 0.2) is 48.5 Å². The van der Waals surface area contributed by atoms with Gasteiger partial charge in [0.15, 0.2) is 0 Å². The second-order valence-corrected chi connectivity index (χ2v) is 10.2. The number of alkyl carbamates (subject to hydrolysis) is 1. The van der Waals surface area contributed by atoms with Crippen molar-refractivity contribution < 1.29 is 14.3 Å². The van der Waals surface area contributed by atoms with E-state index in [9.17, 15) is 4.79 Å². The van der Waals surface area contributed by atoms with Crippen LogP contribution in [0.25, 0.3) is 0 Å². The van der Waals surface area contributed by atoms with Gasteiger partial charge in [-0.3, -0.25) is 0 Å². The molecule has 2 aromatic rings. The molecule has 1 heterocycles. The first kappa shape index (κ1) is 28.1. The van der Waals surface area contributed by atoms with Gasteiger partial charge in [-0.25, -0.2) is 4.79 Å². The summed E-state index contributed by atoms with van der Waals surface area (Å²) in [5.74, 6) is 1.55. The normalized spacial score (nSPS) is 12.5. The van der Waals surface area contributed by atoms with E-state index in [1.807, 2.05) is 48.5 Å². The average molecular weight is 494 g/mol. The van der Waals surface area contributed by atoms with Crippen LogP contribution in [-0.2, 0) is 4.74 Å². The van der Waals surface area contributed by atoms with E-state index in [-0.39, 0.29) is 12.1 Å². The van der Waals surface area contributed by atoms with Crippen molar-refractivity contribution in [1.29, 1.82) is 0 Å². The average Bonchev–Trinajstić information content (AvgIpc) is 2.90. The maximum Gasteiger partial charge on any atom is 0.407 e. The van der Waals surface area contributed by atoms with Crippen LogP contribution >= 0.6 is 0 Å². The lowest BCUT2D eigenvalue weighted by molar-refractivity contribution is 0.141. The van der Waals surface area contributed by atoms with Gasteiger partial charge in [-0.05, 0) is 18.6 Å². The molecule has 0 unspecified atom stereocenters. The van der Waals surface area contributed by atoms with Crippen LogP contribution in [0, 0.1) is 0 Å². The highest BCUT2D eigenvalue weighted by atomic mass is 16.5. The van der Waals surface area contributed by atoms with E-state index >= 15 is 0 Å². The molecule has 2 aromatic carbocycles. The number of fused-ring (bicyclic) bond motifs is 2. The molecule has 0 fully saturated rings. The number of unbranched alkanes of at least 4 members (excludes halogenated alkanes) is 15. The smallest absolute Gasteiger partial charge is 0.407 e. The molecule has 36 heavy (non-hydrogen) atoms. The number of amides is 1. The van der Waals surface area contributed by atoms with Crippen molar-refractivity contribution in [3.63, 3.8) is 0 Å². The first-order valence-electron chi connectivity index (χ1n) is 14.6. The third kappa shape index (κ3) is 9.87. The Kier molecular flexibility index (Phi) is 13.3. The van der Waals surface area contributed by atoms with Crippen molar-refractivity contribution in [3.8, 4) is 11.5 Å². The van der Waals surface area contributed by atoms with E-state index in [0.717, 1.165) is 35.5 Å². The fourth-order valence-electron chi connectivity index (χ4n) is 5.04. The summed E-state index contributed by atoms with van der Waals surface area (Å²) in [6.45, 7) is 2.75. The Bertz CT molecular complexity index is 836. The molecule has 1 aliphatic heterocycles. The minimum absolute atomic E-state index is 0.260. The zero-order valence-corrected chi connectivity index (χ0v) is 22.4. The molecule has 0 saturated heterocycles. The maximum absolute atomic E-state index is 12.5. The molecular formula is C32H47NO3. The maximum atomic E-state index is 12.5. The van der Waals surface area contributed by atoms with E-state index in [4.69, 9.17) is 9.47 Å².